The molecule has 1 aromatic heterocycles. The Morgan fingerprint density at radius 1 is 1.33 bits per heavy atom. The zero-order valence-electron chi connectivity index (χ0n) is 5.98. The second kappa shape index (κ2) is 3.35. The Balaban J connectivity index is 2.77. The Morgan fingerprint density at radius 2 is 2.00 bits per heavy atom. The van der Waals surface area contributed by atoms with Crippen LogP contribution < -0.4 is 0 Å². The molecule has 1 aromatic rings. The maximum absolute atomic E-state index is 11.9. The highest BCUT2D eigenvalue weighted by Crippen LogP contribution is 2.15. The van der Waals surface area contributed by atoms with Crippen molar-refractivity contribution in [3.05, 3.63) is 29.0 Å². The highest BCUT2D eigenvalue weighted by Gasteiger charge is 2.23. The van der Waals surface area contributed by atoms with E-state index in [9.17, 15) is 12.9 Å². The summed E-state index contributed by atoms with van der Waals surface area (Å²) in [5, 5.41) is 0.0903. The Bertz CT molecular complexity index is 276. The first-order chi connectivity index (χ1) is 5.47. The van der Waals surface area contributed by atoms with Gasteiger partial charge in [-0.3, -0.25) is 0 Å². The number of aromatic nitrogens is 1. The van der Waals surface area contributed by atoms with Crippen LogP contribution in [0.25, 0.3) is 0 Å². The Hall–Kier alpha value is -0.705. The third-order valence-corrected chi connectivity index (χ3v) is 1.42. The molecule has 0 aromatic carbocycles. The lowest BCUT2D eigenvalue weighted by Crippen LogP contribution is -2.20. The second-order valence-electron chi connectivity index (χ2n) is 2.37. The van der Waals surface area contributed by atoms with Gasteiger partial charge in [-0.1, -0.05) is 17.7 Å². The second-order valence-corrected chi connectivity index (χ2v) is 2.75. The summed E-state index contributed by atoms with van der Waals surface area (Å²) in [6.07, 6.45) is -0.972. The predicted octanol–water partition coefficient (Wildman–Crippen LogP) is 2.66. The van der Waals surface area contributed by atoms with Crippen LogP contribution in [0.4, 0.5) is 12.9 Å². The minimum absolute atomic E-state index is 0.0324. The highest BCUT2D eigenvalue weighted by molar-refractivity contribution is 6.57. The van der Waals surface area contributed by atoms with Crippen molar-refractivity contribution in [2.75, 3.05) is 0 Å². The summed E-state index contributed by atoms with van der Waals surface area (Å²) in [7, 11) is 0. The summed E-state index contributed by atoms with van der Waals surface area (Å²) < 4.78 is 35.6. The normalized spacial score (nSPS) is 11.7. The van der Waals surface area contributed by atoms with Gasteiger partial charge in [0.25, 0.3) is 0 Å². The summed E-state index contributed by atoms with van der Waals surface area (Å²) in [6.45, 7) is -4.82. The van der Waals surface area contributed by atoms with Gasteiger partial charge in [-0.15, -0.1) is 0 Å². The maximum atomic E-state index is 11.9. The molecule has 0 aliphatic rings. The minimum atomic E-state index is -4.82. The Morgan fingerprint density at radius 3 is 2.50 bits per heavy atom. The van der Waals surface area contributed by atoms with E-state index in [0.717, 1.165) is 0 Å². The molecule has 0 aliphatic heterocycles. The molecule has 1 heterocycles. The summed E-state index contributed by atoms with van der Waals surface area (Å²) in [5.74, 6) is 0. The van der Waals surface area contributed by atoms with Gasteiger partial charge in [-0.25, -0.2) is 4.98 Å². The van der Waals surface area contributed by atoms with E-state index in [1.54, 1.807) is 0 Å². The van der Waals surface area contributed by atoms with E-state index in [2.05, 4.69) is 4.98 Å². The van der Waals surface area contributed by atoms with Crippen molar-refractivity contribution >= 4 is 18.6 Å². The smallest absolute Gasteiger partial charge is 0.449 e. The molecule has 0 saturated heterocycles. The van der Waals surface area contributed by atoms with Gasteiger partial charge < -0.3 is 12.9 Å². The average molecular weight is 194 g/mol. The Labute approximate surface area is 72.6 Å². The topological polar surface area (TPSA) is 12.9 Å². The largest absolute Gasteiger partial charge is 0.484 e. The van der Waals surface area contributed by atoms with E-state index in [1.807, 2.05) is 0 Å². The van der Waals surface area contributed by atoms with Crippen molar-refractivity contribution in [3.63, 3.8) is 0 Å². The molecule has 12 heavy (non-hydrogen) atoms. The molecular weight excluding hydrogens is 189 g/mol. The fraction of sp³-hybridized carbons (Fsp3) is 0.167. The van der Waals surface area contributed by atoms with E-state index in [1.165, 1.54) is 18.2 Å². The number of hydrogen-bond donors (Lipinski definition) is 0. The van der Waals surface area contributed by atoms with E-state index in [-0.39, 0.29) is 10.8 Å². The van der Waals surface area contributed by atoms with Crippen molar-refractivity contribution < 1.29 is 12.9 Å². The zero-order valence-corrected chi connectivity index (χ0v) is 6.73. The van der Waals surface area contributed by atoms with E-state index >= 15 is 0 Å². The SMILES string of the molecule is F[B-](F)(F)Cc1cccc(Cl)n1. The Kier molecular flexibility index (Phi) is 2.62. The summed E-state index contributed by atoms with van der Waals surface area (Å²) >= 11 is 5.40. The standard InChI is InChI=1S/C6H5BClF3N/c8-6-3-1-2-5(12-6)4-7(9,10)11/h1-3H,4H2/q-1. The minimum Gasteiger partial charge on any atom is -0.449 e. The maximum Gasteiger partial charge on any atom is 0.484 e. The predicted molar refractivity (Wildman–Crippen MR) is 42.0 cm³/mol. The molecule has 0 aliphatic carbocycles. The summed E-state index contributed by atoms with van der Waals surface area (Å²) in [4.78, 5) is 3.52. The van der Waals surface area contributed by atoms with Crippen molar-refractivity contribution in [1.82, 2.24) is 4.98 Å². The molecule has 66 valence electrons. The van der Waals surface area contributed by atoms with Crippen molar-refractivity contribution in [3.8, 4) is 0 Å². The van der Waals surface area contributed by atoms with Gasteiger partial charge in [0.1, 0.15) is 5.15 Å². The third-order valence-electron chi connectivity index (χ3n) is 1.21. The van der Waals surface area contributed by atoms with Gasteiger partial charge in [0, 0.05) is 5.69 Å². The molecular formula is C6H5BClF3N-. The molecule has 0 spiro atoms. The number of halogens is 4. The van der Waals surface area contributed by atoms with Crippen molar-refractivity contribution in [2.45, 2.75) is 6.32 Å². The molecule has 1 nitrogen and oxygen atoms in total. The first-order valence-electron chi connectivity index (χ1n) is 3.30. The van der Waals surface area contributed by atoms with Gasteiger partial charge in [-0.2, -0.15) is 0 Å². The van der Waals surface area contributed by atoms with Gasteiger partial charge in [0.05, 0.1) is 0 Å². The molecule has 0 bridgehead atoms. The molecule has 0 atom stereocenters. The molecule has 1 rings (SSSR count). The van der Waals surface area contributed by atoms with Crippen LogP contribution in [0.15, 0.2) is 18.2 Å². The zero-order chi connectivity index (χ0) is 9.19. The number of nitrogens with zero attached hydrogens (tertiary/aromatic N) is 1. The van der Waals surface area contributed by atoms with Gasteiger partial charge in [-0.05, 0) is 18.5 Å². The lowest BCUT2D eigenvalue weighted by molar-refractivity contribution is 0.467. The molecule has 6 heteroatoms. The molecule has 0 radical (unpaired) electrons. The summed E-state index contributed by atoms with van der Waals surface area (Å²) in [5.41, 5.74) is -0.0324. The average Bonchev–Trinajstić information content (AvgIpc) is 1.82. The van der Waals surface area contributed by atoms with Gasteiger partial charge in [0.2, 0.25) is 0 Å². The fourth-order valence-electron chi connectivity index (χ4n) is 0.801. The van der Waals surface area contributed by atoms with E-state index in [0.29, 0.717) is 0 Å². The highest BCUT2D eigenvalue weighted by atomic mass is 35.5. The third kappa shape index (κ3) is 3.13. The summed E-state index contributed by atoms with van der Waals surface area (Å²) in [6, 6.07) is 4.20. The molecule has 0 fully saturated rings. The van der Waals surface area contributed by atoms with Crippen LogP contribution in [-0.2, 0) is 6.32 Å². The number of rotatable bonds is 2. The van der Waals surface area contributed by atoms with Crippen molar-refractivity contribution in [2.24, 2.45) is 0 Å². The van der Waals surface area contributed by atoms with Gasteiger partial charge >= 0.3 is 6.98 Å². The van der Waals surface area contributed by atoms with Crippen LogP contribution in [0.5, 0.6) is 0 Å². The lowest BCUT2D eigenvalue weighted by Gasteiger charge is -2.12. The van der Waals surface area contributed by atoms with Crippen LogP contribution in [0, 0.1) is 0 Å². The van der Waals surface area contributed by atoms with Crippen LogP contribution in [0.1, 0.15) is 5.69 Å². The first kappa shape index (κ1) is 9.38. The fourth-order valence-corrected chi connectivity index (χ4v) is 0.982. The van der Waals surface area contributed by atoms with Crippen LogP contribution >= 0.6 is 11.6 Å². The lowest BCUT2D eigenvalue weighted by atomic mass is 9.84. The molecule has 0 unspecified atom stereocenters. The van der Waals surface area contributed by atoms with E-state index in [4.69, 9.17) is 11.6 Å². The van der Waals surface area contributed by atoms with Gasteiger partial charge in [0.15, 0.2) is 0 Å². The quantitative estimate of drug-likeness (QED) is 0.521. The van der Waals surface area contributed by atoms with E-state index < -0.39 is 13.3 Å². The molecule has 0 amide bonds. The van der Waals surface area contributed by atoms with Crippen LogP contribution in [0.2, 0.25) is 5.15 Å². The van der Waals surface area contributed by atoms with Crippen molar-refractivity contribution in [1.29, 1.82) is 0 Å². The van der Waals surface area contributed by atoms with Crippen LogP contribution in [0.3, 0.4) is 0 Å². The van der Waals surface area contributed by atoms with Crippen LogP contribution in [-0.4, -0.2) is 12.0 Å². The number of pyridine rings is 1. The molecule has 0 N–H and O–H groups in total. The molecule has 0 saturated carbocycles. The first-order valence-corrected chi connectivity index (χ1v) is 3.67. The number of hydrogen-bond acceptors (Lipinski definition) is 1. The monoisotopic (exact) mass is 194 g/mol.